The van der Waals surface area contributed by atoms with Gasteiger partial charge in [0.15, 0.2) is 11.6 Å². The lowest BCUT2D eigenvalue weighted by Crippen LogP contribution is -2.59. The van der Waals surface area contributed by atoms with Crippen LogP contribution in [0.4, 0.5) is 0 Å². The predicted molar refractivity (Wildman–Crippen MR) is 109 cm³/mol. The minimum absolute atomic E-state index is 0.155. The number of carbonyl (C=O) groups excluding carboxylic acids is 1. The summed E-state index contributed by atoms with van der Waals surface area (Å²) in [7, 11) is 1.67. The first-order valence-electron chi connectivity index (χ1n) is 10.4. The van der Waals surface area contributed by atoms with E-state index in [1.165, 1.54) is 6.92 Å². The van der Waals surface area contributed by atoms with E-state index < -0.39 is 59.3 Å². The molecule has 172 valence electrons. The van der Waals surface area contributed by atoms with Crippen LogP contribution in [0.2, 0.25) is 0 Å². The molecule has 1 saturated carbocycles. The largest absolute Gasteiger partial charge is 0.390 e. The number of nitriles is 1. The molecule has 2 aliphatic heterocycles. The molecule has 0 aromatic rings. The maximum absolute atomic E-state index is 12.5. The quantitative estimate of drug-likeness (QED) is 0.249. The first-order chi connectivity index (χ1) is 14.4. The molecule has 0 amide bonds. The van der Waals surface area contributed by atoms with Gasteiger partial charge in [-0.05, 0) is 20.3 Å². The first-order valence-corrected chi connectivity index (χ1v) is 10.4. The Bertz CT molecular complexity index is 829. The summed E-state index contributed by atoms with van der Waals surface area (Å²) in [5.41, 5.74) is -1.57. The molecule has 0 bridgehead atoms. The summed E-state index contributed by atoms with van der Waals surface area (Å²) in [5, 5.41) is 64.0. The van der Waals surface area contributed by atoms with E-state index in [-0.39, 0.29) is 13.0 Å². The van der Waals surface area contributed by atoms with Gasteiger partial charge in [-0.25, -0.2) is 4.99 Å². The fourth-order valence-corrected chi connectivity index (χ4v) is 5.46. The van der Waals surface area contributed by atoms with Gasteiger partial charge in [-0.3, -0.25) is 9.79 Å². The SMILES string of the molecule is CCC(N(C)C1=NC(O)NC2=NCC(O)C21)C(C)(O)C1C(C(=O)CC#N)C1C(C)(O)O. The van der Waals surface area contributed by atoms with Gasteiger partial charge in [0.1, 0.15) is 17.6 Å². The highest BCUT2D eigenvalue weighted by Crippen LogP contribution is 2.59. The molecular weight excluding hydrogens is 406 g/mol. The fraction of sp³-hybridized carbons (Fsp3) is 0.800. The number of aliphatic imine (C=N–C) groups is 2. The number of Topliss-reactive ketones (excluding diaryl/α,β-unsaturated/α-hetero) is 1. The van der Waals surface area contributed by atoms with Crippen molar-refractivity contribution in [1.82, 2.24) is 10.2 Å². The third kappa shape index (κ3) is 4.06. The number of aliphatic hydroxyl groups excluding tert-OH is 2. The van der Waals surface area contributed by atoms with Gasteiger partial charge >= 0.3 is 0 Å². The van der Waals surface area contributed by atoms with Crippen LogP contribution in [-0.2, 0) is 4.79 Å². The second kappa shape index (κ2) is 8.11. The molecule has 31 heavy (non-hydrogen) atoms. The average molecular weight is 437 g/mol. The maximum atomic E-state index is 12.5. The first kappa shape index (κ1) is 23.6. The number of likely N-dealkylation sites (N-methyl/N-ethyl adjacent to an activating group) is 1. The number of amidine groups is 2. The third-order valence-corrected chi connectivity index (χ3v) is 6.78. The molecule has 8 unspecified atom stereocenters. The molecule has 6 N–H and O–H groups in total. The second-order valence-corrected chi connectivity index (χ2v) is 9.01. The van der Waals surface area contributed by atoms with E-state index in [0.29, 0.717) is 18.1 Å². The van der Waals surface area contributed by atoms with E-state index >= 15 is 0 Å². The molecule has 2 heterocycles. The van der Waals surface area contributed by atoms with Gasteiger partial charge in [0.2, 0.25) is 6.35 Å². The molecule has 0 saturated heterocycles. The van der Waals surface area contributed by atoms with Crippen LogP contribution in [0, 0.1) is 35.0 Å². The minimum atomic E-state index is -2.20. The van der Waals surface area contributed by atoms with Crippen LogP contribution in [0.25, 0.3) is 0 Å². The van der Waals surface area contributed by atoms with E-state index in [1.807, 2.05) is 6.92 Å². The number of carbonyl (C=O) groups is 1. The lowest BCUT2D eigenvalue weighted by atomic mass is 9.84. The van der Waals surface area contributed by atoms with Crippen LogP contribution in [0.1, 0.15) is 33.6 Å². The van der Waals surface area contributed by atoms with Crippen molar-refractivity contribution in [3.63, 3.8) is 0 Å². The van der Waals surface area contributed by atoms with Crippen molar-refractivity contribution in [2.24, 2.45) is 33.7 Å². The Balaban J connectivity index is 1.92. The van der Waals surface area contributed by atoms with Gasteiger partial charge < -0.3 is 35.7 Å². The van der Waals surface area contributed by atoms with Crippen molar-refractivity contribution in [3.05, 3.63) is 0 Å². The number of rotatable bonds is 7. The summed E-state index contributed by atoms with van der Waals surface area (Å²) < 4.78 is 0. The number of nitrogens with one attached hydrogen (secondary N) is 1. The molecule has 0 aromatic heterocycles. The number of hydrogen-bond acceptors (Lipinski definition) is 11. The summed E-state index contributed by atoms with van der Waals surface area (Å²) >= 11 is 0. The standard InChI is InChI=1S/C20H31N5O6/c1-5-11(25(4)17-13-10(27)8-22-16(13)23-18(28)24-17)19(2,29)14-12(9(26)6-7-21)15(14)20(3,30)31/h10-15,18,27-31H,5-6,8H2,1-4H3,(H,22,23). The molecule has 0 aromatic carbocycles. The Labute approximate surface area is 180 Å². The van der Waals surface area contributed by atoms with Crippen molar-refractivity contribution >= 4 is 17.5 Å². The van der Waals surface area contributed by atoms with Crippen LogP contribution < -0.4 is 5.32 Å². The van der Waals surface area contributed by atoms with Crippen LogP contribution in [0.5, 0.6) is 0 Å². The van der Waals surface area contributed by atoms with Crippen molar-refractivity contribution in [2.45, 2.75) is 63.5 Å². The van der Waals surface area contributed by atoms with E-state index in [0.717, 1.165) is 6.92 Å². The zero-order valence-corrected chi connectivity index (χ0v) is 18.1. The Morgan fingerprint density at radius 2 is 1.97 bits per heavy atom. The van der Waals surface area contributed by atoms with E-state index in [9.17, 15) is 30.3 Å². The minimum Gasteiger partial charge on any atom is -0.390 e. The number of nitrogens with zero attached hydrogens (tertiary/aromatic N) is 4. The van der Waals surface area contributed by atoms with Crippen molar-refractivity contribution in [1.29, 1.82) is 5.26 Å². The molecule has 3 aliphatic rings. The summed E-state index contributed by atoms with van der Waals surface area (Å²) in [4.78, 5) is 22.5. The summed E-state index contributed by atoms with van der Waals surface area (Å²) in [5.74, 6) is -5.08. The molecular formula is C20H31N5O6. The van der Waals surface area contributed by atoms with Crippen LogP contribution in [0.3, 0.4) is 0 Å². The number of ketones is 1. The summed E-state index contributed by atoms with van der Waals surface area (Å²) in [6.45, 7) is 4.67. The van der Waals surface area contributed by atoms with Gasteiger partial charge in [0.05, 0.1) is 36.8 Å². The van der Waals surface area contributed by atoms with Gasteiger partial charge in [0, 0.05) is 24.8 Å². The van der Waals surface area contributed by atoms with Crippen molar-refractivity contribution < 1.29 is 30.3 Å². The highest BCUT2D eigenvalue weighted by Gasteiger charge is 2.69. The zero-order valence-electron chi connectivity index (χ0n) is 18.1. The lowest BCUT2D eigenvalue weighted by molar-refractivity contribution is -0.174. The Kier molecular flexibility index (Phi) is 6.16. The Morgan fingerprint density at radius 3 is 2.52 bits per heavy atom. The van der Waals surface area contributed by atoms with Crippen LogP contribution in [0.15, 0.2) is 9.98 Å². The second-order valence-electron chi connectivity index (χ2n) is 9.01. The van der Waals surface area contributed by atoms with Crippen LogP contribution in [-0.4, -0.2) is 91.4 Å². The monoisotopic (exact) mass is 437 g/mol. The van der Waals surface area contributed by atoms with Gasteiger partial charge in [-0.2, -0.15) is 5.26 Å². The predicted octanol–water partition coefficient (Wildman–Crippen LogP) is -1.84. The van der Waals surface area contributed by atoms with Gasteiger partial charge in [0.25, 0.3) is 0 Å². The maximum Gasteiger partial charge on any atom is 0.225 e. The lowest BCUT2D eigenvalue weighted by Gasteiger charge is -2.44. The Hall–Kier alpha value is -2.10. The van der Waals surface area contributed by atoms with E-state index in [1.54, 1.807) is 18.0 Å². The van der Waals surface area contributed by atoms with Gasteiger partial charge in [-0.1, -0.05) is 6.92 Å². The number of aliphatic hydroxyl groups is 5. The highest BCUT2D eigenvalue weighted by molar-refractivity contribution is 6.08. The third-order valence-electron chi connectivity index (χ3n) is 6.78. The van der Waals surface area contributed by atoms with Crippen LogP contribution >= 0.6 is 0 Å². The zero-order chi connectivity index (χ0) is 23.3. The van der Waals surface area contributed by atoms with E-state index in [4.69, 9.17) is 5.26 Å². The van der Waals surface area contributed by atoms with Crippen molar-refractivity contribution in [3.8, 4) is 6.07 Å². The molecule has 0 radical (unpaired) electrons. The molecule has 1 fully saturated rings. The number of fused-ring (bicyclic) bond motifs is 1. The molecule has 0 spiro atoms. The number of hydrogen-bond donors (Lipinski definition) is 6. The van der Waals surface area contributed by atoms with Crippen molar-refractivity contribution in [2.75, 3.05) is 13.6 Å². The molecule has 11 nitrogen and oxygen atoms in total. The van der Waals surface area contributed by atoms with Gasteiger partial charge in [-0.15, -0.1) is 0 Å². The summed E-state index contributed by atoms with van der Waals surface area (Å²) in [6, 6.07) is 1.15. The topological polar surface area (TPSA) is 182 Å². The fourth-order valence-electron chi connectivity index (χ4n) is 5.46. The highest BCUT2D eigenvalue weighted by atomic mass is 16.5. The summed E-state index contributed by atoms with van der Waals surface area (Å²) in [6.07, 6.45) is -2.07. The van der Waals surface area contributed by atoms with E-state index in [2.05, 4.69) is 15.3 Å². The molecule has 1 aliphatic carbocycles. The normalized spacial score (nSPS) is 35.0. The Morgan fingerprint density at radius 1 is 1.32 bits per heavy atom. The molecule has 11 heteroatoms. The smallest absolute Gasteiger partial charge is 0.225 e. The molecule has 8 atom stereocenters. The molecule has 3 rings (SSSR count). The average Bonchev–Trinajstić information content (AvgIpc) is 3.35.